The van der Waals surface area contributed by atoms with Crippen LogP contribution in [0.15, 0.2) is 12.4 Å². The van der Waals surface area contributed by atoms with E-state index in [9.17, 15) is 0 Å². The van der Waals surface area contributed by atoms with Crippen LogP contribution in [0.4, 0.5) is 0 Å². The van der Waals surface area contributed by atoms with Crippen LogP contribution in [0, 0.1) is 40.5 Å². The molecule has 0 unspecified atom stereocenters. The van der Waals surface area contributed by atoms with Crippen LogP contribution >= 0.6 is 0 Å². The predicted molar refractivity (Wildman–Crippen MR) is 98.4 cm³/mol. The number of fused-ring (bicyclic) bond motifs is 1. The van der Waals surface area contributed by atoms with E-state index in [0.29, 0.717) is 11.7 Å². The molecule has 0 saturated heterocycles. The van der Waals surface area contributed by atoms with Gasteiger partial charge >= 0.3 is 0 Å². The second-order valence-electron chi connectivity index (χ2n) is 7.20. The van der Waals surface area contributed by atoms with E-state index in [1.165, 1.54) is 39.1 Å². The third-order valence-electron chi connectivity index (χ3n) is 5.06. The fourth-order valence-electron chi connectivity index (χ4n) is 3.42. The smallest absolute Gasteiger partial charge is 0.216 e. The Balaban J connectivity index is 2.40. The Morgan fingerprint density at radius 2 is 1.71 bits per heavy atom. The monoisotopic (exact) mass is 322 g/mol. The fourth-order valence-corrected chi connectivity index (χ4v) is 3.42. The lowest BCUT2D eigenvalue weighted by atomic mass is 9.88. The Hall–Kier alpha value is -2.23. The molecule has 0 atom stereocenters. The minimum atomic E-state index is 0.533. The number of aryl methyl sites for hydroxylation is 2. The number of aromatic nitrogens is 4. The van der Waals surface area contributed by atoms with E-state index in [-0.39, 0.29) is 0 Å². The highest BCUT2D eigenvalue weighted by Crippen LogP contribution is 2.34. The van der Waals surface area contributed by atoms with Crippen molar-refractivity contribution in [2.45, 2.75) is 54.9 Å². The van der Waals surface area contributed by atoms with E-state index < -0.39 is 0 Å². The summed E-state index contributed by atoms with van der Waals surface area (Å²) >= 11 is 0. The van der Waals surface area contributed by atoms with Gasteiger partial charge in [0.15, 0.2) is 0 Å². The summed E-state index contributed by atoms with van der Waals surface area (Å²) in [5, 5.41) is 4.43. The molecule has 0 fully saturated rings. The first-order valence-electron chi connectivity index (χ1n) is 8.58. The highest BCUT2D eigenvalue weighted by Gasteiger charge is 2.20. The van der Waals surface area contributed by atoms with Gasteiger partial charge in [0, 0.05) is 5.56 Å². The maximum atomic E-state index is 4.69. The quantitative estimate of drug-likeness (QED) is 0.711. The Labute approximate surface area is 144 Å². The summed E-state index contributed by atoms with van der Waals surface area (Å²) in [7, 11) is 0. The molecule has 126 valence electrons. The maximum absolute atomic E-state index is 4.69. The zero-order valence-corrected chi connectivity index (χ0v) is 15.7. The molecule has 0 bridgehead atoms. The van der Waals surface area contributed by atoms with Gasteiger partial charge in [-0.1, -0.05) is 19.9 Å². The minimum absolute atomic E-state index is 0.533. The molecular weight excluding hydrogens is 296 g/mol. The zero-order valence-electron chi connectivity index (χ0n) is 15.7. The molecule has 2 heterocycles. The molecular formula is C20H26N4. The first-order valence-corrected chi connectivity index (χ1v) is 8.58. The Morgan fingerprint density at radius 1 is 1.00 bits per heavy atom. The normalized spacial score (nSPS) is 11.7. The first-order chi connectivity index (χ1) is 11.3. The van der Waals surface area contributed by atoms with Gasteiger partial charge in [0.05, 0.1) is 11.4 Å². The van der Waals surface area contributed by atoms with E-state index in [0.717, 1.165) is 12.1 Å². The standard InChI is InChI=1S/C20H26N4/c1-11(2)8-18-19(16(7)23-20-21-10-22-24(18)20)17-9-12(3)13(4)14(5)15(17)6/h9-11H,8H2,1-7H3. The van der Waals surface area contributed by atoms with Gasteiger partial charge in [0.25, 0.3) is 5.78 Å². The molecule has 4 heteroatoms. The molecule has 0 aliphatic rings. The van der Waals surface area contributed by atoms with Crippen molar-refractivity contribution in [3.63, 3.8) is 0 Å². The summed E-state index contributed by atoms with van der Waals surface area (Å²) in [6, 6.07) is 2.30. The third-order valence-corrected chi connectivity index (χ3v) is 5.06. The van der Waals surface area contributed by atoms with Crippen molar-refractivity contribution in [1.82, 2.24) is 19.6 Å². The second-order valence-corrected chi connectivity index (χ2v) is 7.20. The average Bonchev–Trinajstić information content (AvgIpc) is 2.97. The van der Waals surface area contributed by atoms with Gasteiger partial charge in [-0.2, -0.15) is 10.1 Å². The van der Waals surface area contributed by atoms with Crippen LogP contribution in [-0.2, 0) is 6.42 Å². The van der Waals surface area contributed by atoms with Gasteiger partial charge in [0.2, 0.25) is 0 Å². The Morgan fingerprint density at radius 3 is 2.38 bits per heavy atom. The molecule has 0 saturated carbocycles. The highest BCUT2D eigenvalue weighted by atomic mass is 15.3. The van der Waals surface area contributed by atoms with Crippen molar-refractivity contribution >= 4 is 5.78 Å². The van der Waals surface area contributed by atoms with Crippen molar-refractivity contribution in [2.24, 2.45) is 5.92 Å². The molecule has 4 nitrogen and oxygen atoms in total. The summed E-state index contributed by atoms with van der Waals surface area (Å²) in [5.41, 5.74) is 10.1. The van der Waals surface area contributed by atoms with E-state index >= 15 is 0 Å². The van der Waals surface area contributed by atoms with E-state index in [1.54, 1.807) is 6.33 Å². The van der Waals surface area contributed by atoms with Crippen molar-refractivity contribution in [3.8, 4) is 11.1 Å². The largest absolute Gasteiger partial charge is 0.252 e. The van der Waals surface area contributed by atoms with Crippen LogP contribution < -0.4 is 0 Å². The summed E-state index contributed by atoms with van der Waals surface area (Å²) in [6.45, 7) is 15.4. The van der Waals surface area contributed by atoms with Crippen molar-refractivity contribution in [1.29, 1.82) is 0 Å². The number of hydrogen-bond acceptors (Lipinski definition) is 3. The molecule has 3 rings (SSSR count). The van der Waals surface area contributed by atoms with Crippen molar-refractivity contribution in [3.05, 3.63) is 46.0 Å². The van der Waals surface area contributed by atoms with Crippen molar-refractivity contribution < 1.29 is 0 Å². The molecule has 24 heavy (non-hydrogen) atoms. The van der Waals surface area contributed by atoms with Crippen LogP contribution in [0.5, 0.6) is 0 Å². The Kier molecular flexibility index (Phi) is 4.16. The van der Waals surface area contributed by atoms with Crippen LogP contribution in [-0.4, -0.2) is 19.6 Å². The molecule has 0 N–H and O–H groups in total. The van der Waals surface area contributed by atoms with Crippen LogP contribution in [0.3, 0.4) is 0 Å². The van der Waals surface area contributed by atoms with Gasteiger partial charge in [-0.25, -0.2) is 9.50 Å². The topological polar surface area (TPSA) is 43.1 Å². The summed E-state index contributed by atoms with van der Waals surface area (Å²) < 4.78 is 1.91. The van der Waals surface area contributed by atoms with E-state index in [4.69, 9.17) is 4.98 Å². The lowest BCUT2D eigenvalue weighted by molar-refractivity contribution is 0.619. The fraction of sp³-hybridized carbons (Fsp3) is 0.450. The summed E-state index contributed by atoms with van der Waals surface area (Å²) in [5.74, 6) is 1.22. The zero-order chi connectivity index (χ0) is 17.6. The molecule has 0 radical (unpaired) electrons. The van der Waals surface area contributed by atoms with Crippen LogP contribution in [0.2, 0.25) is 0 Å². The van der Waals surface area contributed by atoms with Gasteiger partial charge < -0.3 is 0 Å². The van der Waals surface area contributed by atoms with Gasteiger partial charge in [0.1, 0.15) is 6.33 Å². The second kappa shape index (κ2) is 6.00. The van der Waals surface area contributed by atoms with Gasteiger partial charge in [-0.15, -0.1) is 0 Å². The van der Waals surface area contributed by atoms with Crippen molar-refractivity contribution in [2.75, 3.05) is 0 Å². The molecule has 0 amide bonds. The SMILES string of the molecule is Cc1cc(-c2c(C)nc3ncnn3c2CC(C)C)c(C)c(C)c1C. The molecule has 0 aliphatic heterocycles. The van der Waals surface area contributed by atoms with Crippen LogP contribution in [0.1, 0.15) is 47.5 Å². The first kappa shape index (κ1) is 16.6. The number of rotatable bonds is 3. The Bertz CT molecular complexity index is 919. The lowest BCUT2D eigenvalue weighted by Crippen LogP contribution is -2.10. The van der Waals surface area contributed by atoms with Gasteiger partial charge in [-0.3, -0.25) is 0 Å². The number of nitrogens with zero attached hydrogens (tertiary/aromatic N) is 4. The number of benzene rings is 1. The molecule has 3 aromatic rings. The lowest BCUT2D eigenvalue weighted by Gasteiger charge is -2.20. The highest BCUT2D eigenvalue weighted by molar-refractivity contribution is 5.75. The van der Waals surface area contributed by atoms with Crippen LogP contribution in [0.25, 0.3) is 16.9 Å². The van der Waals surface area contributed by atoms with E-state index in [2.05, 4.69) is 64.6 Å². The average molecular weight is 322 g/mol. The summed E-state index contributed by atoms with van der Waals surface area (Å²) in [6.07, 6.45) is 2.54. The van der Waals surface area contributed by atoms with E-state index in [1.807, 2.05) is 4.52 Å². The molecule has 2 aromatic heterocycles. The predicted octanol–water partition coefficient (Wildman–Crippen LogP) is 4.53. The minimum Gasteiger partial charge on any atom is -0.216 e. The maximum Gasteiger partial charge on any atom is 0.252 e. The molecule has 1 aromatic carbocycles. The molecule has 0 spiro atoms. The summed E-state index contributed by atoms with van der Waals surface area (Å²) in [4.78, 5) is 8.99. The third kappa shape index (κ3) is 2.60. The number of hydrogen-bond donors (Lipinski definition) is 0. The van der Waals surface area contributed by atoms with Gasteiger partial charge in [-0.05, 0) is 74.8 Å². The molecule has 0 aliphatic carbocycles.